The van der Waals surface area contributed by atoms with Crippen molar-refractivity contribution in [1.29, 1.82) is 0 Å². The first-order valence-corrected chi connectivity index (χ1v) is 7.37. The van der Waals surface area contributed by atoms with E-state index in [0.29, 0.717) is 5.56 Å². The Morgan fingerprint density at radius 1 is 1.26 bits per heavy atom. The van der Waals surface area contributed by atoms with Crippen molar-refractivity contribution in [3.63, 3.8) is 0 Å². The van der Waals surface area contributed by atoms with Crippen molar-refractivity contribution < 1.29 is 9.50 Å². The van der Waals surface area contributed by atoms with Crippen LogP contribution in [-0.4, -0.2) is 11.7 Å². The number of hydrogen-bond acceptors (Lipinski definition) is 2. The van der Waals surface area contributed by atoms with E-state index < -0.39 is 0 Å². The van der Waals surface area contributed by atoms with Gasteiger partial charge in [-0.05, 0) is 75.1 Å². The van der Waals surface area contributed by atoms with Crippen molar-refractivity contribution in [2.45, 2.75) is 38.6 Å². The third kappa shape index (κ3) is 3.08. The lowest BCUT2D eigenvalue weighted by Crippen LogP contribution is -2.28. The van der Waals surface area contributed by atoms with Gasteiger partial charge in [0, 0.05) is 11.6 Å². The largest absolute Gasteiger partial charge is 0.508 e. The molecule has 2 aliphatic rings. The minimum atomic E-state index is -0.289. The Bertz CT molecular complexity index is 442. The summed E-state index contributed by atoms with van der Waals surface area (Å²) in [5, 5.41) is 13.3. The molecule has 1 aromatic rings. The molecule has 2 saturated carbocycles. The van der Waals surface area contributed by atoms with Gasteiger partial charge in [0.15, 0.2) is 0 Å². The first-order valence-electron chi connectivity index (χ1n) is 7.37. The van der Waals surface area contributed by atoms with Gasteiger partial charge in [-0.25, -0.2) is 4.39 Å². The highest BCUT2D eigenvalue weighted by Crippen LogP contribution is 2.49. The SMILES string of the molecule is CC(NCC(C1CC1)C1CC1)c1cc(F)ccc1O. The van der Waals surface area contributed by atoms with Gasteiger partial charge < -0.3 is 10.4 Å². The van der Waals surface area contributed by atoms with Crippen LogP contribution in [0.15, 0.2) is 18.2 Å². The Balaban J connectivity index is 1.60. The van der Waals surface area contributed by atoms with Crippen molar-refractivity contribution in [2.75, 3.05) is 6.54 Å². The molecular formula is C16H22FNO. The van der Waals surface area contributed by atoms with Crippen LogP contribution in [0.25, 0.3) is 0 Å². The van der Waals surface area contributed by atoms with E-state index >= 15 is 0 Å². The second kappa shape index (κ2) is 5.12. The number of benzene rings is 1. The van der Waals surface area contributed by atoms with Crippen LogP contribution in [0.1, 0.15) is 44.2 Å². The van der Waals surface area contributed by atoms with E-state index in [-0.39, 0.29) is 17.6 Å². The molecule has 0 bridgehead atoms. The van der Waals surface area contributed by atoms with Gasteiger partial charge in [0.1, 0.15) is 11.6 Å². The van der Waals surface area contributed by atoms with Crippen molar-refractivity contribution >= 4 is 0 Å². The molecule has 1 aromatic carbocycles. The summed E-state index contributed by atoms with van der Waals surface area (Å²) in [5.74, 6) is 2.50. The van der Waals surface area contributed by atoms with Crippen LogP contribution in [0, 0.1) is 23.6 Å². The standard InChI is InChI=1S/C16H22FNO/c1-10(14-8-13(17)6-7-16(14)19)18-9-15(11-2-3-11)12-4-5-12/h6-8,10-12,15,18-19H,2-5,9H2,1H3. The third-order valence-electron chi connectivity index (χ3n) is 4.57. The smallest absolute Gasteiger partial charge is 0.123 e. The van der Waals surface area contributed by atoms with Crippen LogP contribution in [0.3, 0.4) is 0 Å². The number of phenols is 1. The highest BCUT2D eigenvalue weighted by atomic mass is 19.1. The molecule has 2 nitrogen and oxygen atoms in total. The Morgan fingerprint density at radius 3 is 2.47 bits per heavy atom. The molecule has 0 saturated heterocycles. The third-order valence-corrected chi connectivity index (χ3v) is 4.57. The molecular weight excluding hydrogens is 241 g/mol. The number of rotatable bonds is 6. The number of aromatic hydroxyl groups is 1. The molecule has 0 aromatic heterocycles. The zero-order valence-electron chi connectivity index (χ0n) is 11.4. The molecule has 3 heteroatoms. The molecule has 1 atom stereocenters. The Kier molecular flexibility index (Phi) is 3.48. The first kappa shape index (κ1) is 12.9. The summed E-state index contributed by atoms with van der Waals surface area (Å²) in [7, 11) is 0. The summed E-state index contributed by atoms with van der Waals surface area (Å²) >= 11 is 0. The predicted octanol–water partition coefficient (Wildman–Crippen LogP) is 3.62. The quantitative estimate of drug-likeness (QED) is 0.821. The fraction of sp³-hybridized carbons (Fsp3) is 0.625. The van der Waals surface area contributed by atoms with E-state index in [9.17, 15) is 9.50 Å². The molecule has 19 heavy (non-hydrogen) atoms. The average Bonchev–Trinajstić information content (AvgIpc) is 3.25. The summed E-state index contributed by atoms with van der Waals surface area (Å²) in [6.45, 7) is 2.98. The predicted molar refractivity (Wildman–Crippen MR) is 73.4 cm³/mol. The molecule has 0 amide bonds. The van der Waals surface area contributed by atoms with E-state index in [2.05, 4.69) is 5.32 Å². The van der Waals surface area contributed by atoms with Gasteiger partial charge in [-0.2, -0.15) is 0 Å². The summed E-state index contributed by atoms with van der Waals surface area (Å²) in [6.07, 6.45) is 5.51. The number of hydrogen-bond donors (Lipinski definition) is 2. The Morgan fingerprint density at radius 2 is 1.89 bits per heavy atom. The van der Waals surface area contributed by atoms with Crippen LogP contribution in [0.2, 0.25) is 0 Å². The fourth-order valence-corrected chi connectivity index (χ4v) is 3.06. The normalized spacial score (nSPS) is 20.8. The molecule has 3 rings (SSSR count). The van der Waals surface area contributed by atoms with E-state index in [0.717, 1.165) is 24.3 Å². The summed E-state index contributed by atoms with van der Waals surface area (Å²) in [4.78, 5) is 0. The highest BCUT2D eigenvalue weighted by Gasteiger charge is 2.41. The van der Waals surface area contributed by atoms with Gasteiger partial charge in [0.2, 0.25) is 0 Å². The summed E-state index contributed by atoms with van der Waals surface area (Å²) in [6, 6.07) is 4.15. The molecule has 1 unspecified atom stereocenters. The topological polar surface area (TPSA) is 32.3 Å². The number of phenolic OH excluding ortho intramolecular Hbond substituents is 1. The van der Waals surface area contributed by atoms with E-state index in [1.165, 1.54) is 43.9 Å². The Labute approximate surface area is 114 Å². The van der Waals surface area contributed by atoms with E-state index in [1.54, 1.807) is 0 Å². The van der Waals surface area contributed by atoms with Crippen LogP contribution in [0.4, 0.5) is 4.39 Å². The van der Waals surface area contributed by atoms with Gasteiger partial charge in [0.25, 0.3) is 0 Å². The van der Waals surface area contributed by atoms with Crippen molar-refractivity contribution in [3.05, 3.63) is 29.6 Å². The minimum absolute atomic E-state index is 0.00398. The molecule has 104 valence electrons. The van der Waals surface area contributed by atoms with Gasteiger partial charge in [-0.15, -0.1) is 0 Å². The van der Waals surface area contributed by atoms with Crippen molar-refractivity contribution in [2.24, 2.45) is 17.8 Å². The Hall–Kier alpha value is -1.09. The lowest BCUT2D eigenvalue weighted by Gasteiger charge is -2.21. The highest BCUT2D eigenvalue weighted by molar-refractivity contribution is 5.34. The molecule has 2 fully saturated rings. The first-order chi connectivity index (χ1) is 9.15. The second-order valence-electron chi connectivity index (χ2n) is 6.17. The molecule has 2 N–H and O–H groups in total. The number of nitrogens with one attached hydrogen (secondary N) is 1. The van der Waals surface area contributed by atoms with Crippen LogP contribution >= 0.6 is 0 Å². The van der Waals surface area contributed by atoms with Crippen molar-refractivity contribution in [3.8, 4) is 5.75 Å². The second-order valence-corrected chi connectivity index (χ2v) is 6.17. The maximum Gasteiger partial charge on any atom is 0.123 e. The maximum atomic E-state index is 13.2. The van der Waals surface area contributed by atoms with Crippen molar-refractivity contribution in [1.82, 2.24) is 5.32 Å². The van der Waals surface area contributed by atoms with Gasteiger partial charge in [0.05, 0.1) is 0 Å². The zero-order chi connectivity index (χ0) is 13.4. The van der Waals surface area contributed by atoms with Crippen LogP contribution in [-0.2, 0) is 0 Å². The lowest BCUT2D eigenvalue weighted by atomic mass is 9.97. The molecule has 0 radical (unpaired) electrons. The van der Waals surface area contributed by atoms with Gasteiger partial charge in [-0.3, -0.25) is 0 Å². The van der Waals surface area contributed by atoms with E-state index in [4.69, 9.17) is 0 Å². The monoisotopic (exact) mass is 263 g/mol. The van der Waals surface area contributed by atoms with Gasteiger partial charge in [-0.1, -0.05) is 0 Å². The molecule has 2 aliphatic carbocycles. The lowest BCUT2D eigenvalue weighted by molar-refractivity contribution is 0.357. The van der Waals surface area contributed by atoms with Crippen LogP contribution in [0.5, 0.6) is 5.75 Å². The molecule has 0 heterocycles. The number of halogens is 1. The maximum absolute atomic E-state index is 13.2. The van der Waals surface area contributed by atoms with Gasteiger partial charge >= 0.3 is 0 Å². The fourth-order valence-electron chi connectivity index (χ4n) is 3.06. The van der Waals surface area contributed by atoms with E-state index in [1.807, 2.05) is 6.92 Å². The molecule has 0 aliphatic heterocycles. The molecule has 0 spiro atoms. The summed E-state index contributed by atoms with van der Waals surface area (Å²) in [5.41, 5.74) is 0.658. The van der Waals surface area contributed by atoms with Crippen LogP contribution < -0.4 is 5.32 Å². The zero-order valence-corrected chi connectivity index (χ0v) is 11.4. The average molecular weight is 263 g/mol. The minimum Gasteiger partial charge on any atom is -0.508 e. The summed E-state index contributed by atoms with van der Waals surface area (Å²) < 4.78 is 13.2.